The summed E-state index contributed by atoms with van der Waals surface area (Å²) < 4.78 is 17.7. The summed E-state index contributed by atoms with van der Waals surface area (Å²) >= 11 is 0. The molecule has 0 unspecified atom stereocenters. The van der Waals surface area contributed by atoms with Crippen molar-refractivity contribution < 1.29 is 13.9 Å². The summed E-state index contributed by atoms with van der Waals surface area (Å²) in [5, 5.41) is 2.50. The van der Waals surface area contributed by atoms with Crippen LogP contribution in [0.25, 0.3) is 0 Å². The molecule has 0 saturated heterocycles. The van der Waals surface area contributed by atoms with Gasteiger partial charge in [0.15, 0.2) is 0 Å². The first-order chi connectivity index (χ1) is 8.63. The molecule has 92 valence electrons. The molecule has 0 spiro atoms. The lowest BCUT2D eigenvalue weighted by Gasteiger charge is -2.06. The highest BCUT2D eigenvalue weighted by atomic mass is 19.1. The number of nitrogens with one attached hydrogen (secondary N) is 1. The molecule has 18 heavy (non-hydrogen) atoms. The first-order valence-corrected chi connectivity index (χ1v) is 5.44. The third-order valence-corrected chi connectivity index (χ3v) is 2.32. The first kappa shape index (κ1) is 12.1. The number of carbonyl (C=O) groups excluding carboxylic acids is 1. The number of amides is 1. The Hall–Kier alpha value is -2.36. The van der Waals surface area contributed by atoms with Gasteiger partial charge in [-0.3, -0.25) is 5.32 Å². The van der Waals surface area contributed by atoms with Gasteiger partial charge in [0.05, 0.1) is 0 Å². The van der Waals surface area contributed by atoms with E-state index in [-0.39, 0.29) is 5.82 Å². The number of hydrogen-bond donors (Lipinski definition) is 1. The molecular weight excluding hydrogens is 233 g/mol. The number of benzene rings is 2. The van der Waals surface area contributed by atoms with Gasteiger partial charge in [0.2, 0.25) is 0 Å². The Morgan fingerprint density at radius 1 is 1.06 bits per heavy atom. The van der Waals surface area contributed by atoms with Crippen LogP contribution in [-0.4, -0.2) is 6.09 Å². The molecule has 0 fully saturated rings. The molecule has 0 aliphatic heterocycles. The van der Waals surface area contributed by atoms with Crippen molar-refractivity contribution in [1.29, 1.82) is 0 Å². The van der Waals surface area contributed by atoms with E-state index >= 15 is 0 Å². The Bertz CT molecular complexity index is 485. The molecule has 1 amide bonds. The van der Waals surface area contributed by atoms with Crippen molar-refractivity contribution in [3.63, 3.8) is 0 Å². The van der Waals surface area contributed by atoms with E-state index in [1.165, 1.54) is 24.3 Å². The van der Waals surface area contributed by atoms with Crippen LogP contribution in [-0.2, 0) is 0 Å². The monoisotopic (exact) mass is 245 g/mol. The van der Waals surface area contributed by atoms with Crippen LogP contribution in [0.3, 0.4) is 0 Å². The van der Waals surface area contributed by atoms with Gasteiger partial charge >= 0.3 is 6.09 Å². The summed E-state index contributed by atoms with van der Waals surface area (Å²) in [5.74, 6) is 0.104. The van der Waals surface area contributed by atoms with Crippen molar-refractivity contribution in [1.82, 2.24) is 0 Å². The smallest absolute Gasteiger partial charge is 0.410 e. The number of ether oxygens (including phenoxy) is 1. The Morgan fingerprint density at radius 2 is 1.67 bits per heavy atom. The number of rotatable bonds is 2. The molecular formula is C14H12FNO2. The van der Waals surface area contributed by atoms with Crippen LogP contribution >= 0.6 is 0 Å². The standard InChI is InChI=1S/C14H12FNO2/c1-10-2-8-13(9-3-10)18-14(17)16-12-6-4-11(15)5-7-12/h2-9H,1H3,(H,16,17). The zero-order valence-electron chi connectivity index (χ0n) is 9.81. The fraction of sp³-hybridized carbons (Fsp3) is 0.0714. The second-order valence-electron chi connectivity index (χ2n) is 3.83. The molecule has 0 aliphatic carbocycles. The lowest BCUT2D eigenvalue weighted by Crippen LogP contribution is -2.16. The van der Waals surface area contributed by atoms with Crippen molar-refractivity contribution >= 4 is 11.8 Å². The summed E-state index contributed by atoms with van der Waals surface area (Å²) in [7, 11) is 0. The SMILES string of the molecule is Cc1ccc(OC(=O)Nc2ccc(F)cc2)cc1. The average molecular weight is 245 g/mol. The zero-order valence-corrected chi connectivity index (χ0v) is 9.81. The summed E-state index contributed by atoms with van der Waals surface area (Å²) in [6.45, 7) is 1.95. The van der Waals surface area contributed by atoms with Crippen LogP contribution in [0, 0.1) is 12.7 Å². The van der Waals surface area contributed by atoms with Gasteiger partial charge in [-0.1, -0.05) is 17.7 Å². The van der Waals surface area contributed by atoms with Crippen LogP contribution in [0.2, 0.25) is 0 Å². The van der Waals surface area contributed by atoms with Gasteiger partial charge in [-0.05, 0) is 43.3 Å². The number of carbonyl (C=O) groups is 1. The van der Waals surface area contributed by atoms with Crippen molar-refractivity contribution in [3.8, 4) is 5.75 Å². The third kappa shape index (κ3) is 3.31. The van der Waals surface area contributed by atoms with E-state index in [0.29, 0.717) is 11.4 Å². The van der Waals surface area contributed by atoms with E-state index in [1.54, 1.807) is 12.1 Å². The molecule has 4 heteroatoms. The Balaban J connectivity index is 1.96. The summed E-state index contributed by atoms with van der Waals surface area (Å²) in [6.07, 6.45) is -0.606. The van der Waals surface area contributed by atoms with Gasteiger partial charge in [-0.2, -0.15) is 0 Å². The summed E-state index contributed by atoms with van der Waals surface area (Å²) in [4.78, 5) is 11.5. The van der Waals surface area contributed by atoms with Crippen molar-refractivity contribution in [3.05, 3.63) is 59.9 Å². The molecule has 0 saturated carbocycles. The van der Waals surface area contributed by atoms with Gasteiger partial charge in [-0.25, -0.2) is 9.18 Å². The zero-order chi connectivity index (χ0) is 13.0. The van der Waals surface area contributed by atoms with E-state index in [0.717, 1.165) is 5.56 Å². The van der Waals surface area contributed by atoms with E-state index < -0.39 is 6.09 Å². The van der Waals surface area contributed by atoms with Crippen LogP contribution in [0.5, 0.6) is 5.75 Å². The lowest BCUT2D eigenvalue weighted by molar-refractivity contribution is 0.215. The lowest BCUT2D eigenvalue weighted by atomic mass is 10.2. The van der Waals surface area contributed by atoms with Crippen LogP contribution in [0.4, 0.5) is 14.9 Å². The normalized spacial score (nSPS) is 9.89. The maximum atomic E-state index is 12.7. The number of aryl methyl sites for hydroxylation is 1. The predicted molar refractivity (Wildman–Crippen MR) is 67.2 cm³/mol. The highest BCUT2D eigenvalue weighted by molar-refractivity contribution is 5.86. The molecule has 1 N–H and O–H groups in total. The molecule has 2 aromatic carbocycles. The number of anilines is 1. The highest BCUT2D eigenvalue weighted by Crippen LogP contribution is 2.13. The topological polar surface area (TPSA) is 38.3 Å². The van der Waals surface area contributed by atoms with E-state index in [4.69, 9.17) is 4.74 Å². The van der Waals surface area contributed by atoms with Crippen molar-refractivity contribution in [2.75, 3.05) is 5.32 Å². The Kier molecular flexibility index (Phi) is 3.57. The van der Waals surface area contributed by atoms with Crippen molar-refractivity contribution in [2.24, 2.45) is 0 Å². The molecule has 0 aliphatic rings. The molecule has 0 bridgehead atoms. The average Bonchev–Trinajstić information content (AvgIpc) is 2.35. The quantitative estimate of drug-likeness (QED) is 0.875. The molecule has 0 radical (unpaired) electrons. The Morgan fingerprint density at radius 3 is 2.28 bits per heavy atom. The van der Waals surface area contributed by atoms with Gasteiger partial charge in [0, 0.05) is 5.69 Å². The Labute approximate surface area is 104 Å². The fourth-order valence-electron chi connectivity index (χ4n) is 1.39. The molecule has 2 aromatic rings. The summed E-state index contributed by atoms with van der Waals surface area (Å²) in [5.41, 5.74) is 1.56. The van der Waals surface area contributed by atoms with Crippen LogP contribution in [0.15, 0.2) is 48.5 Å². The largest absolute Gasteiger partial charge is 0.417 e. The molecule has 0 aromatic heterocycles. The predicted octanol–water partition coefficient (Wildman–Crippen LogP) is 3.75. The molecule has 0 atom stereocenters. The van der Waals surface area contributed by atoms with Crippen molar-refractivity contribution in [2.45, 2.75) is 6.92 Å². The fourth-order valence-corrected chi connectivity index (χ4v) is 1.39. The van der Waals surface area contributed by atoms with Crippen LogP contribution in [0.1, 0.15) is 5.56 Å². The number of hydrogen-bond acceptors (Lipinski definition) is 2. The minimum Gasteiger partial charge on any atom is -0.410 e. The van der Waals surface area contributed by atoms with Gasteiger partial charge in [0.1, 0.15) is 11.6 Å². The number of halogens is 1. The van der Waals surface area contributed by atoms with Gasteiger partial charge < -0.3 is 4.74 Å². The molecule has 3 nitrogen and oxygen atoms in total. The van der Waals surface area contributed by atoms with E-state index in [1.807, 2.05) is 19.1 Å². The minimum absolute atomic E-state index is 0.354. The molecule has 0 heterocycles. The maximum Gasteiger partial charge on any atom is 0.417 e. The second-order valence-corrected chi connectivity index (χ2v) is 3.83. The maximum absolute atomic E-state index is 12.7. The van der Waals surface area contributed by atoms with Gasteiger partial charge in [-0.15, -0.1) is 0 Å². The third-order valence-electron chi connectivity index (χ3n) is 2.32. The minimum atomic E-state index is -0.606. The first-order valence-electron chi connectivity index (χ1n) is 5.44. The van der Waals surface area contributed by atoms with Gasteiger partial charge in [0.25, 0.3) is 0 Å². The van der Waals surface area contributed by atoms with E-state index in [9.17, 15) is 9.18 Å². The second kappa shape index (κ2) is 5.31. The summed E-state index contributed by atoms with van der Waals surface area (Å²) in [6, 6.07) is 12.6. The van der Waals surface area contributed by atoms with Crippen LogP contribution < -0.4 is 10.1 Å². The molecule has 2 rings (SSSR count). The highest BCUT2D eigenvalue weighted by Gasteiger charge is 2.04. The van der Waals surface area contributed by atoms with E-state index in [2.05, 4.69) is 5.32 Å².